The molecular weight excluding hydrogens is 356 g/mol. The number of carbonyl (C=O) groups excluding carboxylic acids is 1. The number of benzene rings is 3. The molecule has 3 nitrogen and oxygen atoms in total. The van der Waals surface area contributed by atoms with Crippen LogP contribution in [0.25, 0.3) is 0 Å². The zero-order valence-electron chi connectivity index (χ0n) is 16.7. The molecule has 3 aromatic rings. The first kappa shape index (κ1) is 18.0. The van der Waals surface area contributed by atoms with Gasteiger partial charge in [-0.15, -0.1) is 0 Å². The number of anilines is 2. The molecule has 0 spiro atoms. The van der Waals surface area contributed by atoms with Crippen LogP contribution in [-0.2, 0) is 0 Å². The minimum atomic E-state index is 0.0990. The van der Waals surface area contributed by atoms with Crippen molar-refractivity contribution in [2.24, 2.45) is 0 Å². The van der Waals surface area contributed by atoms with E-state index in [0.717, 1.165) is 30.6 Å². The van der Waals surface area contributed by atoms with Gasteiger partial charge in [0.2, 0.25) is 0 Å². The second-order valence-electron chi connectivity index (χ2n) is 8.25. The Morgan fingerprint density at radius 3 is 1.83 bits per heavy atom. The van der Waals surface area contributed by atoms with Crippen LogP contribution in [0.15, 0.2) is 84.9 Å². The highest BCUT2D eigenvalue weighted by Crippen LogP contribution is 2.44. The Morgan fingerprint density at radius 2 is 1.24 bits per heavy atom. The molecule has 2 fully saturated rings. The first-order valence-electron chi connectivity index (χ1n) is 10.5. The molecule has 146 valence electrons. The molecule has 0 aromatic heterocycles. The van der Waals surface area contributed by atoms with Gasteiger partial charge in [-0.2, -0.15) is 0 Å². The van der Waals surface area contributed by atoms with E-state index in [1.54, 1.807) is 0 Å². The van der Waals surface area contributed by atoms with Gasteiger partial charge >= 0.3 is 6.03 Å². The molecule has 2 amide bonds. The molecule has 3 heteroatoms. The Kier molecular flexibility index (Phi) is 4.59. The minimum absolute atomic E-state index is 0.0990. The zero-order valence-corrected chi connectivity index (χ0v) is 16.7. The Labute approximate surface area is 172 Å². The van der Waals surface area contributed by atoms with Crippen molar-refractivity contribution >= 4 is 17.4 Å². The number of urea groups is 1. The summed E-state index contributed by atoms with van der Waals surface area (Å²) in [6.07, 6.45) is 3.13. The first-order valence-corrected chi connectivity index (χ1v) is 10.5. The largest absolute Gasteiger partial charge is 0.329 e. The van der Waals surface area contributed by atoms with Crippen LogP contribution >= 0.6 is 0 Å². The molecule has 5 rings (SSSR count). The van der Waals surface area contributed by atoms with Crippen LogP contribution in [0.2, 0.25) is 0 Å². The molecule has 3 aromatic carbocycles. The molecular formula is C26H26N2O. The lowest BCUT2D eigenvalue weighted by atomic mass is 9.78. The molecule has 0 N–H and O–H groups in total. The third-order valence-electron chi connectivity index (χ3n) is 6.47. The number of hydrogen-bond donors (Lipinski definition) is 0. The summed E-state index contributed by atoms with van der Waals surface area (Å²) in [5, 5.41) is 0. The first-order chi connectivity index (χ1) is 14.2. The molecule has 1 heterocycles. The monoisotopic (exact) mass is 382 g/mol. The van der Waals surface area contributed by atoms with Gasteiger partial charge in [-0.1, -0.05) is 66.2 Å². The lowest BCUT2D eigenvalue weighted by Crippen LogP contribution is -2.42. The van der Waals surface area contributed by atoms with Gasteiger partial charge in [-0.3, -0.25) is 9.80 Å². The topological polar surface area (TPSA) is 23.6 Å². The van der Waals surface area contributed by atoms with Crippen molar-refractivity contribution in [1.82, 2.24) is 0 Å². The van der Waals surface area contributed by atoms with E-state index in [1.807, 2.05) is 46.2 Å². The fraction of sp³-hybridized carbons (Fsp3) is 0.269. The summed E-state index contributed by atoms with van der Waals surface area (Å²) in [4.78, 5) is 17.7. The van der Waals surface area contributed by atoms with Crippen molar-refractivity contribution in [3.8, 4) is 0 Å². The number of hydrogen-bond acceptors (Lipinski definition) is 1. The minimum Gasteiger partial charge on any atom is -0.289 e. The highest BCUT2D eigenvalue weighted by Gasteiger charge is 2.49. The Morgan fingerprint density at radius 1 is 0.690 bits per heavy atom. The van der Waals surface area contributed by atoms with E-state index in [0.29, 0.717) is 5.92 Å². The predicted octanol–water partition coefficient (Wildman–Crippen LogP) is 6.15. The third kappa shape index (κ3) is 3.21. The number of rotatable bonds is 3. The lowest BCUT2D eigenvalue weighted by molar-refractivity contribution is 0.255. The van der Waals surface area contributed by atoms with Gasteiger partial charge in [0.05, 0.1) is 12.1 Å². The van der Waals surface area contributed by atoms with Crippen molar-refractivity contribution in [2.75, 3.05) is 9.80 Å². The molecule has 1 aliphatic heterocycles. The number of nitrogens with zero attached hydrogens (tertiary/aromatic N) is 2. The van der Waals surface area contributed by atoms with Gasteiger partial charge in [-0.25, -0.2) is 4.79 Å². The van der Waals surface area contributed by atoms with Crippen molar-refractivity contribution in [2.45, 2.75) is 44.2 Å². The number of carbonyl (C=O) groups is 1. The standard InChI is InChI=1S/C26H26N2O/c1-19-12-14-20(15-13-19)21-16-17-24-25(18-21)28(23-10-6-3-7-11-23)26(29)27(24)22-8-4-2-5-9-22/h2-15,21,24-25H,16-18H2,1H3/t21-,24+,25-/m0/s1. The van der Waals surface area contributed by atoms with Gasteiger partial charge in [0, 0.05) is 11.4 Å². The fourth-order valence-electron chi connectivity index (χ4n) is 5.03. The molecule has 0 radical (unpaired) electrons. The summed E-state index contributed by atoms with van der Waals surface area (Å²) in [5.41, 5.74) is 4.68. The SMILES string of the molecule is Cc1ccc([C@H]2CC[C@@H]3[C@H](C2)N(c2ccccc2)C(=O)N3c2ccccc2)cc1. The zero-order chi connectivity index (χ0) is 19.8. The van der Waals surface area contributed by atoms with E-state index in [2.05, 4.69) is 55.5 Å². The molecule has 3 atom stereocenters. The maximum Gasteiger partial charge on any atom is 0.329 e. The van der Waals surface area contributed by atoms with Gasteiger partial charge in [0.25, 0.3) is 0 Å². The molecule has 1 saturated carbocycles. The molecule has 0 bridgehead atoms. The van der Waals surface area contributed by atoms with E-state index in [1.165, 1.54) is 11.1 Å². The van der Waals surface area contributed by atoms with E-state index >= 15 is 0 Å². The average molecular weight is 383 g/mol. The van der Waals surface area contributed by atoms with Crippen LogP contribution in [0.3, 0.4) is 0 Å². The predicted molar refractivity (Wildman–Crippen MR) is 119 cm³/mol. The number of amides is 2. The summed E-state index contributed by atoms with van der Waals surface area (Å²) < 4.78 is 0. The van der Waals surface area contributed by atoms with Gasteiger partial charge in [-0.05, 0) is 61.9 Å². The molecule has 29 heavy (non-hydrogen) atoms. The van der Waals surface area contributed by atoms with Gasteiger partial charge in [0.1, 0.15) is 0 Å². The lowest BCUT2D eigenvalue weighted by Gasteiger charge is -2.36. The van der Waals surface area contributed by atoms with Crippen LogP contribution in [0.1, 0.15) is 36.3 Å². The van der Waals surface area contributed by atoms with Crippen molar-refractivity contribution in [1.29, 1.82) is 0 Å². The Balaban J connectivity index is 1.52. The number of aryl methyl sites for hydroxylation is 1. The number of fused-ring (bicyclic) bond motifs is 1. The number of para-hydroxylation sites is 2. The molecule has 0 unspecified atom stereocenters. The van der Waals surface area contributed by atoms with Gasteiger partial charge < -0.3 is 0 Å². The molecule has 1 saturated heterocycles. The van der Waals surface area contributed by atoms with Crippen LogP contribution in [0.4, 0.5) is 16.2 Å². The van der Waals surface area contributed by atoms with Crippen molar-refractivity contribution < 1.29 is 4.79 Å². The normalized spacial score (nSPS) is 23.9. The van der Waals surface area contributed by atoms with Crippen LogP contribution in [-0.4, -0.2) is 18.1 Å². The summed E-state index contributed by atoms with van der Waals surface area (Å²) in [6, 6.07) is 29.7. The summed E-state index contributed by atoms with van der Waals surface area (Å²) in [6.45, 7) is 2.13. The average Bonchev–Trinajstić information content (AvgIpc) is 3.06. The van der Waals surface area contributed by atoms with Crippen LogP contribution in [0.5, 0.6) is 0 Å². The van der Waals surface area contributed by atoms with Crippen LogP contribution < -0.4 is 9.80 Å². The second-order valence-corrected chi connectivity index (χ2v) is 8.25. The van der Waals surface area contributed by atoms with Gasteiger partial charge in [0.15, 0.2) is 0 Å². The fourth-order valence-corrected chi connectivity index (χ4v) is 5.03. The van der Waals surface area contributed by atoms with Crippen molar-refractivity contribution in [3.05, 3.63) is 96.1 Å². The maximum absolute atomic E-state index is 13.6. The van der Waals surface area contributed by atoms with E-state index < -0.39 is 0 Å². The quantitative estimate of drug-likeness (QED) is 0.533. The summed E-state index contributed by atoms with van der Waals surface area (Å²) in [7, 11) is 0. The molecule has 2 aliphatic rings. The van der Waals surface area contributed by atoms with E-state index in [-0.39, 0.29) is 18.1 Å². The molecule has 1 aliphatic carbocycles. The Bertz CT molecular complexity index is 984. The smallest absolute Gasteiger partial charge is 0.289 e. The summed E-state index contributed by atoms with van der Waals surface area (Å²) in [5.74, 6) is 0.492. The maximum atomic E-state index is 13.6. The highest BCUT2D eigenvalue weighted by molar-refractivity contribution is 6.07. The third-order valence-corrected chi connectivity index (χ3v) is 6.47. The van der Waals surface area contributed by atoms with E-state index in [4.69, 9.17) is 0 Å². The van der Waals surface area contributed by atoms with E-state index in [9.17, 15) is 4.79 Å². The second kappa shape index (κ2) is 7.40. The summed E-state index contributed by atoms with van der Waals surface area (Å²) >= 11 is 0. The van der Waals surface area contributed by atoms with Crippen LogP contribution in [0, 0.1) is 6.92 Å². The van der Waals surface area contributed by atoms with Crippen molar-refractivity contribution in [3.63, 3.8) is 0 Å². The highest BCUT2D eigenvalue weighted by atomic mass is 16.2. The Hall–Kier alpha value is -3.07.